The zero-order valence-electron chi connectivity index (χ0n) is 17.4. The number of hydrogen-bond donors (Lipinski definition) is 0. The van der Waals surface area contributed by atoms with Crippen LogP contribution >= 0.6 is 39.3 Å². The van der Waals surface area contributed by atoms with Crippen LogP contribution in [-0.2, 0) is 17.9 Å². The second-order valence-electron chi connectivity index (χ2n) is 7.68. The van der Waals surface area contributed by atoms with Gasteiger partial charge >= 0.3 is 0 Å². The Morgan fingerprint density at radius 1 is 0.879 bits per heavy atom. The summed E-state index contributed by atoms with van der Waals surface area (Å²) in [6.45, 7) is 0.842. The number of carbonyl (C=O) groups excluding carboxylic acids is 2. The molecule has 1 fully saturated rings. The number of aromatic nitrogens is 1. The third-order valence-electron chi connectivity index (χ3n) is 5.56. The van der Waals surface area contributed by atoms with Crippen LogP contribution in [0.4, 0.5) is 4.79 Å². The first-order valence-electron chi connectivity index (χ1n) is 10.3. The first-order chi connectivity index (χ1) is 16.0. The quantitative estimate of drug-likeness (QED) is 0.250. The van der Waals surface area contributed by atoms with Crippen LogP contribution in [0.3, 0.4) is 0 Å². The first kappa shape index (κ1) is 22.0. The predicted molar refractivity (Wildman–Crippen MR) is 138 cm³/mol. The summed E-state index contributed by atoms with van der Waals surface area (Å²) in [4.78, 5) is 27.4. The third kappa shape index (κ3) is 4.38. The molecule has 33 heavy (non-hydrogen) atoms. The van der Waals surface area contributed by atoms with Gasteiger partial charge in [0.25, 0.3) is 11.1 Å². The number of amides is 2. The zero-order chi connectivity index (χ0) is 22.9. The van der Waals surface area contributed by atoms with Crippen LogP contribution < -0.4 is 0 Å². The van der Waals surface area contributed by atoms with E-state index in [1.807, 2.05) is 85.1 Å². The minimum absolute atomic E-state index is 0.234. The molecule has 0 aliphatic carbocycles. The van der Waals surface area contributed by atoms with Gasteiger partial charge in [-0.15, -0.1) is 0 Å². The lowest BCUT2D eigenvalue weighted by atomic mass is 10.1. The smallest absolute Gasteiger partial charge is 0.293 e. The van der Waals surface area contributed by atoms with Gasteiger partial charge in [-0.2, -0.15) is 0 Å². The van der Waals surface area contributed by atoms with Gasteiger partial charge in [-0.3, -0.25) is 14.5 Å². The molecule has 164 valence electrons. The highest BCUT2D eigenvalue weighted by molar-refractivity contribution is 9.10. The molecule has 1 aromatic heterocycles. The van der Waals surface area contributed by atoms with E-state index in [1.54, 1.807) is 0 Å². The van der Waals surface area contributed by atoms with Crippen molar-refractivity contribution >= 4 is 67.4 Å². The fraction of sp³-hybridized carbons (Fsp3) is 0.0769. The van der Waals surface area contributed by atoms with E-state index < -0.39 is 0 Å². The molecule has 4 nitrogen and oxygen atoms in total. The molecule has 3 aromatic carbocycles. The molecule has 0 spiro atoms. The van der Waals surface area contributed by atoms with Crippen molar-refractivity contribution in [2.45, 2.75) is 13.1 Å². The number of hydrogen-bond acceptors (Lipinski definition) is 3. The molecule has 1 aliphatic rings. The number of benzene rings is 3. The molecule has 1 aliphatic heterocycles. The van der Waals surface area contributed by atoms with Crippen molar-refractivity contribution in [2.24, 2.45) is 0 Å². The van der Waals surface area contributed by atoms with Crippen molar-refractivity contribution in [3.8, 4) is 0 Å². The van der Waals surface area contributed by atoms with Crippen molar-refractivity contribution in [3.05, 3.63) is 110 Å². The standard InChI is InChI=1S/C26H18BrClN2O2S/c27-21-10-4-1-7-17(21)16-30-25(31)24(33-26(30)32)13-19-15-29(23-12-6-3-9-20(19)23)14-18-8-2-5-11-22(18)28/h1-13,15H,14,16H2/b24-13-. The Bertz CT molecular complexity index is 1430. The lowest BCUT2D eigenvalue weighted by Crippen LogP contribution is -2.27. The van der Waals surface area contributed by atoms with Crippen LogP contribution in [0.25, 0.3) is 17.0 Å². The maximum Gasteiger partial charge on any atom is 0.293 e. The molecule has 7 heteroatoms. The summed E-state index contributed by atoms with van der Waals surface area (Å²) in [5, 5.41) is 1.47. The lowest BCUT2D eigenvalue weighted by molar-refractivity contribution is -0.123. The molecular formula is C26H18BrClN2O2S. The second kappa shape index (κ2) is 9.21. The monoisotopic (exact) mass is 536 g/mol. The Morgan fingerprint density at radius 3 is 2.36 bits per heavy atom. The van der Waals surface area contributed by atoms with Crippen molar-refractivity contribution in [3.63, 3.8) is 0 Å². The predicted octanol–water partition coefficient (Wildman–Crippen LogP) is 7.34. The Labute approximate surface area is 209 Å². The topological polar surface area (TPSA) is 42.3 Å². The Balaban J connectivity index is 1.48. The van der Waals surface area contributed by atoms with E-state index in [1.165, 1.54) is 4.90 Å². The van der Waals surface area contributed by atoms with Crippen LogP contribution in [0.15, 0.2) is 88.4 Å². The highest BCUT2D eigenvalue weighted by atomic mass is 79.9. The Morgan fingerprint density at radius 2 is 1.58 bits per heavy atom. The number of rotatable bonds is 5. The lowest BCUT2D eigenvalue weighted by Gasteiger charge is -2.13. The van der Waals surface area contributed by atoms with Crippen LogP contribution in [0.5, 0.6) is 0 Å². The molecule has 2 amide bonds. The van der Waals surface area contributed by atoms with Crippen molar-refractivity contribution in [2.75, 3.05) is 0 Å². The van der Waals surface area contributed by atoms with Gasteiger partial charge in [0.15, 0.2) is 0 Å². The molecule has 0 N–H and O–H groups in total. The summed E-state index contributed by atoms with van der Waals surface area (Å²) < 4.78 is 2.99. The van der Waals surface area contributed by atoms with E-state index in [0.29, 0.717) is 16.5 Å². The largest absolute Gasteiger partial charge is 0.342 e. The number of fused-ring (bicyclic) bond motifs is 1. The van der Waals surface area contributed by atoms with Gasteiger partial charge in [0, 0.05) is 38.7 Å². The highest BCUT2D eigenvalue weighted by Gasteiger charge is 2.35. The van der Waals surface area contributed by atoms with Gasteiger partial charge < -0.3 is 4.57 Å². The molecular weight excluding hydrogens is 520 g/mol. The minimum atomic E-state index is -0.274. The normalized spacial score (nSPS) is 15.2. The summed E-state index contributed by atoms with van der Waals surface area (Å²) in [6.07, 6.45) is 3.83. The van der Waals surface area contributed by atoms with E-state index in [-0.39, 0.29) is 17.7 Å². The molecule has 0 unspecified atom stereocenters. The summed E-state index contributed by atoms with van der Waals surface area (Å²) in [6, 6.07) is 23.4. The highest BCUT2D eigenvalue weighted by Crippen LogP contribution is 2.36. The number of halogens is 2. The van der Waals surface area contributed by atoms with Crippen LogP contribution in [-0.4, -0.2) is 20.6 Å². The molecule has 2 heterocycles. The molecule has 0 saturated carbocycles. The number of imide groups is 1. The van der Waals surface area contributed by atoms with Crippen LogP contribution in [0, 0.1) is 0 Å². The summed E-state index contributed by atoms with van der Waals surface area (Å²) in [7, 11) is 0. The molecule has 5 rings (SSSR count). The van der Waals surface area contributed by atoms with E-state index in [9.17, 15) is 9.59 Å². The SMILES string of the molecule is O=C1S/C(=C\c2cn(Cc3ccccc3Cl)c3ccccc23)C(=O)N1Cc1ccccc1Br. The number of carbonyl (C=O) groups is 2. The van der Waals surface area contributed by atoms with Gasteiger partial charge in [0.2, 0.25) is 0 Å². The number of nitrogens with zero attached hydrogens (tertiary/aromatic N) is 2. The van der Waals surface area contributed by atoms with Gasteiger partial charge in [-0.25, -0.2) is 0 Å². The van der Waals surface area contributed by atoms with Crippen molar-refractivity contribution < 1.29 is 9.59 Å². The molecule has 0 atom stereocenters. The first-order valence-corrected chi connectivity index (χ1v) is 12.3. The molecule has 0 bridgehead atoms. The average Bonchev–Trinajstić information content (AvgIpc) is 3.29. The second-order valence-corrected chi connectivity index (χ2v) is 9.93. The minimum Gasteiger partial charge on any atom is -0.342 e. The molecule has 0 radical (unpaired) electrons. The van der Waals surface area contributed by atoms with E-state index in [2.05, 4.69) is 20.5 Å². The molecule has 1 saturated heterocycles. The molecule has 4 aromatic rings. The van der Waals surface area contributed by atoms with Crippen molar-refractivity contribution in [1.29, 1.82) is 0 Å². The average molecular weight is 538 g/mol. The maximum absolute atomic E-state index is 13.1. The third-order valence-corrected chi connectivity index (χ3v) is 7.61. The van der Waals surface area contributed by atoms with E-state index in [4.69, 9.17) is 11.6 Å². The maximum atomic E-state index is 13.1. The summed E-state index contributed by atoms with van der Waals surface area (Å²) in [5.41, 5.74) is 3.83. The van der Waals surface area contributed by atoms with Gasteiger partial charge in [-0.1, -0.05) is 82.1 Å². The number of para-hydroxylation sites is 1. The Kier molecular flexibility index (Phi) is 6.15. The fourth-order valence-electron chi connectivity index (χ4n) is 3.91. The summed E-state index contributed by atoms with van der Waals surface area (Å²) in [5.74, 6) is -0.274. The van der Waals surface area contributed by atoms with Gasteiger partial charge in [0.05, 0.1) is 11.4 Å². The Hall–Kier alpha value is -2.80. The van der Waals surface area contributed by atoms with Crippen LogP contribution in [0.1, 0.15) is 16.7 Å². The zero-order valence-corrected chi connectivity index (χ0v) is 20.5. The fourth-order valence-corrected chi connectivity index (χ4v) is 5.34. The van der Waals surface area contributed by atoms with E-state index in [0.717, 1.165) is 43.8 Å². The van der Waals surface area contributed by atoms with Gasteiger partial charge in [0.1, 0.15) is 0 Å². The summed E-state index contributed by atoms with van der Waals surface area (Å²) >= 11 is 10.8. The number of thioether (sulfide) groups is 1. The van der Waals surface area contributed by atoms with Gasteiger partial charge in [-0.05, 0) is 47.2 Å². The van der Waals surface area contributed by atoms with Crippen LogP contribution in [0.2, 0.25) is 5.02 Å². The van der Waals surface area contributed by atoms with Crippen molar-refractivity contribution in [1.82, 2.24) is 9.47 Å². The van der Waals surface area contributed by atoms with E-state index >= 15 is 0 Å².